The molecule has 0 fully saturated rings. The van der Waals surface area contributed by atoms with Gasteiger partial charge < -0.3 is 10.2 Å². The lowest BCUT2D eigenvalue weighted by Gasteiger charge is -2.15. The number of aromatic nitrogens is 2. The SMILES string of the molecule is Cc1ccc(NC(=O)CN(C)C(=O)/C=C/c2c(Cl)nc3ccccn23)cc1. The fourth-order valence-electron chi connectivity index (χ4n) is 2.54. The zero-order valence-electron chi connectivity index (χ0n) is 15.0. The molecule has 0 aliphatic rings. The van der Waals surface area contributed by atoms with E-state index in [2.05, 4.69) is 10.3 Å². The van der Waals surface area contributed by atoms with Crippen molar-refractivity contribution in [2.75, 3.05) is 18.9 Å². The number of anilines is 1. The number of pyridine rings is 1. The predicted molar refractivity (Wildman–Crippen MR) is 107 cm³/mol. The molecular formula is C20H19ClN4O2. The van der Waals surface area contributed by atoms with Crippen molar-refractivity contribution >= 4 is 40.8 Å². The molecule has 0 aliphatic heterocycles. The molecule has 0 saturated heterocycles. The molecule has 0 saturated carbocycles. The smallest absolute Gasteiger partial charge is 0.246 e. The summed E-state index contributed by atoms with van der Waals surface area (Å²) < 4.78 is 1.79. The van der Waals surface area contributed by atoms with E-state index >= 15 is 0 Å². The number of aryl methyl sites for hydroxylation is 1. The largest absolute Gasteiger partial charge is 0.333 e. The third-order valence-corrected chi connectivity index (χ3v) is 4.28. The lowest BCUT2D eigenvalue weighted by Crippen LogP contribution is -2.33. The maximum absolute atomic E-state index is 12.3. The van der Waals surface area contributed by atoms with Gasteiger partial charge in [-0.1, -0.05) is 35.4 Å². The first kappa shape index (κ1) is 18.7. The third-order valence-electron chi connectivity index (χ3n) is 4.00. The topological polar surface area (TPSA) is 66.7 Å². The summed E-state index contributed by atoms with van der Waals surface area (Å²) >= 11 is 6.14. The Morgan fingerprint density at radius 2 is 1.96 bits per heavy atom. The van der Waals surface area contributed by atoms with Gasteiger partial charge in [-0.3, -0.25) is 14.0 Å². The van der Waals surface area contributed by atoms with Crippen LogP contribution in [0, 0.1) is 6.92 Å². The van der Waals surface area contributed by atoms with Crippen LogP contribution >= 0.6 is 11.6 Å². The Morgan fingerprint density at radius 1 is 1.22 bits per heavy atom. The van der Waals surface area contributed by atoms with E-state index in [-0.39, 0.29) is 18.4 Å². The van der Waals surface area contributed by atoms with Crippen LogP contribution < -0.4 is 5.32 Å². The van der Waals surface area contributed by atoms with Crippen LogP contribution in [0.2, 0.25) is 5.15 Å². The predicted octanol–water partition coefficient (Wildman–Crippen LogP) is 3.41. The van der Waals surface area contributed by atoms with Gasteiger partial charge in [-0.15, -0.1) is 0 Å². The van der Waals surface area contributed by atoms with Crippen LogP contribution in [-0.4, -0.2) is 39.7 Å². The molecule has 0 atom stereocenters. The lowest BCUT2D eigenvalue weighted by molar-refractivity contribution is -0.129. The van der Waals surface area contributed by atoms with Gasteiger partial charge in [0.05, 0.1) is 12.2 Å². The second kappa shape index (κ2) is 8.05. The molecule has 7 heteroatoms. The normalized spacial score (nSPS) is 11.1. The number of hydrogen-bond donors (Lipinski definition) is 1. The monoisotopic (exact) mass is 382 g/mol. The molecule has 1 N–H and O–H groups in total. The quantitative estimate of drug-likeness (QED) is 0.688. The molecule has 2 amide bonds. The first-order valence-electron chi connectivity index (χ1n) is 8.36. The molecule has 0 radical (unpaired) electrons. The molecule has 3 rings (SSSR count). The Hall–Kier alpha value is -3.12. The number of halogens is 1. The van der Waals surface area contributed by atoms with Gasteiger partial charge in [0.1, 0.15) is 5.65 Å². The highest BCUT2D eigenvalue weighted by Gasteiger charge is 2.12. The number of nitrogens with one attached hydrogen (secondary N) is 1. The van der Waals surface area contributed by atoms with Crippen molar-refractivity contribution in [1.82, 2.24) is 14.3 Å². The van der Waals surface area contributed by atoms with Crippen LogP contribution in [0.25, 0.3) is 11.7 Å². The van der Waals surface area contributed by atoms with E-state index in [1.165, 1.54) is 11.0 Å². The number of amides is 2. The summed E-state index contributed by atoms with van der Waals surface area (Å²) in [5.41, 5.74) is 3.11. The molecule has 0 aliphatic carbocycles. The third kappa shape index (κ3) is 4.54. The van der Waals surface area contributed by atoms with Crippen LogP contribution in [0.4, 0.5) is 5.69 Å². The molecule has 0 bridgehead atoms. The van der Waals surface area contributed by atoms with Crippen molar-refractivity contribution in [2.24, 2.45) is 0 Å². The van der Waals surface area contributed by atoms with Gasteiger partial charge in [0, 0.05) is 25.0 Å². The molecular weight excluding hydrogens is 364 g/mol. The molecule has 6 nitrogen and oxygen atoms in total. The highest BCUT2D eigenvalue weighted by molar-refractivity contribution is 6.31. The number of fused-ring (bicyclic) bond motifs is 1. The van der Waals surface area contributed by atoms with Gasteiger partial charge in [0.15, 0.2) is 5.15 Å². The summed E-state index contributed by atoms with van der Waals surface area (Å²) in [6.07, 6.45) is 4.79. The van der Waals surface area contributed by atoms with E-state index in [0.29, 0.717) is 22.2 Å². The number of carbonyl (C=O) groups excluding carboxylic acids is 2. The fraction of sp³-hybridized carbons (Fsp3) is 0.150. The highest BCUT2D eigenvalue weighted by atomic mass is 35.5. The zero-order chi connectivity index (χ0) is 19.4. The summed E-state index contributed by atoms with van der Waals surface area (Å²) in [4.78, 5) is 30.0. The fourth-order valence-corrected chi connectivity index (χ4v) is 2.78. The summed E-state index contributed by atoms with van der Waals surface area (Å²) in [6, 6.07) is 13.0. The van der Waals surface area contributed by atoms with Crippen LogP contribution in [-0.2, 0) is 9.59 Å². The number of likely N-dealkylation sites (N-methyl/N-ethyl adjacent to an activating group) is 1. The molecule has 138 valence electrons. The van der Waals surface area contributed by atoms with Gasteiger partial charge in [0.25, 0.3) is 0 Å². The highest BCUT2D eigenvalue weighted by Crippen LogP contribution is 2.19. The number of imidazole rings is 1. The van der Waals surface area contributed by atoms with Gasteiger partial charge in [-0.25, -0.2) is 4.98 Å². The van der Waals surface area contributed by atoms with Gasteiger partial charge in [0.2, 0.25) is 11.8 Å². The summed E-state index contributed by atoms with van der Waals surface area (Å²) in [6.45, 7) is 1.92. The van der Waals surface area contributed by atoms with Gasteiger partial charge >= 0.3 is 0 Å². The van der Waals surface area contributed by atoms with Crippen LogP contribution in [0.1, 0.15) is 11.3 Å². The Labute approximate surface area is 162 Å². The molecule has 0 spiro atoms. The number of benzene rings is 1. The van der Waals surface area contributed by atoms with Crippen LogP contribution in [0.3, 0.4) is 0 Å². The summed E-state index contributed by atoms with van der Waals surface area (Å²) in [7, 11) is 1.57. The maximum Gasteiger partial charge on any atom is 0.246 e. The van der Waals surface area contributed by atoms with Crippen molar-refractivity contribution in [3.05, 3.63) is 71.1 Å². The van der Waals surface area contributed by atoms with Gasteiger partial charge in [-0.2, -0.15) is 0 Å². The molecule has 27 heavy (non-hydrogen) atoms. The summed E-state index contributed by atoms with van der Waals surface area (Å²) in [5, 5.41) is 3.08. The van der Waals surface area contributed by atoms with Crippen molar-refractivity contribution in [3.63, 3.8) is 0 Å². The number of carbonyl (C=O) groups is 2. The van der Waals surface area contributed by atoms with Crippen LogP contribution in [0.15, 0.2) is 54.7 Å². The Bertz CT molecular complexity index is 1010. The first-order chi connectivity index (χ1) is 12.9. The molecule has 2 heterocycles. The minimum absolute atomic E-state index is 0.0576. The van der Waals surface area contributed by atoms with Crippen molar-refractivity contribution in [3.8, 4) is 0 Å². The molecule has 2 aromatic heterocycles. The zero-order valence-corrected chi connectivity index (χ0v) is 15.8. The molecule has 3 aromatic rings. The number of hydrogen-bond acceptors (Lipinski definition) is 3. The van der Waals surface area contributed by atoms with E-state index in [1.54, 1.807) is 17.5 Å². The first-order valence-corrected chi connectivity index (χ1v) is 8.74. The molecule has 0 unspecified atom stereocenters. The Morgan fingerprint density at radius 3 is 2.70 bits per heavy atom. The van der Waals surface area contributed by atoms with Crippen molar-refractivity contribution < 1.29 is 9.59 Å². The minimum Gasteiger partial charge on any atom is -0.333 e. The van der Waals surface area contributed by atoms with E-state index in [1.807, 2.05) is 55.6 Å². The number of rotatable bonds is 5. The average molecular weight is 383 g/mol. The maximum atomic E-state index is 12.3. The molecule has 1 aromatic carbocycles. The van der Waals surface area contributed by atoms with Crippen LogP contribution in [0.5, 0.6) is 0 Å². The van der Waals surface area contributed by atoms with E-state index in [4.69, 9.17) is 11.6 Å². The van der Waals surface area contributed by atoms with E-state index in [9.17, 15) is 9.59 Å². The second-order valence-corrected chi connectivity index (χ2v) is 6.52. The van der Waals surface area contributed by atoms with Gasteiger partial charge in [-0.05, 0) is 37.3 Å². The Balaban J connectivity index is 1.63. The summed E-state index contributed by atoms with van der Waals surface area (Å²) in [5.74, 6) is -0.577. The lowest BCUT2D eigenvalue weighted by atomic mass is 10.2. The van der Waals surface area contributed by atoms with Crippen molar-refractivity contribution in [2.45, 2.75) is 6.92 Å². The second-order valence-electron chi connectivity index (χ2n) is 6.16. The average Bonchev–Trinajstić information content (AvgIpc) is 2.96. The Kier molecular flexibility index (Phi) is 5.57. The number of nitrogens with zero attached hydrogens (tertiary/aromatic N) is 3. The van der Waals surface area contributed by atoms with E-state index in [0.717, 1.165) is 5.56 Å². The van der Waals surface area contributed by atoms with Crippen molar-refractivity contribution in [1.29, 1.82) is 0 Å². The van der Waals surface area contributed by atoms with E-state index < -0.39 is 0 Å². The standard InChI is InChI=1S/C20H19ClN4O2/c1-14-6-8-15(9-7-14)22-18(26)13-24(2)19(27)11-10-16-20(21)23-17-5-3-4-12-25(16)17/h3-12H,13H2,1-2H3,(H,22,26)/b11-10+. The minimum atomic E-state index is -0.309.